The molecule has 1 saturated heterocycles. The van der Waals surface area contributed by atoms with E-state index in [4.69, 9.17) is 9.47 Å². The van der Waals surface area contributed by atoms with Gasteiger partial charge in [0.05, 0.1) is 6.04 Å². The summed E-state index contributed by atoms with van der Waals surface area (Å²) in [6, 6.07) is 10.2. The third-order valence-electron chi connectivity index (χ3n) is 12.8. The first-order valence-corrected chi connectivity index (χ1v) is 24.0. The van der Waals surface area contributed by atoms with Gasteiger partial charge in [-0.1, -0.05) is 71.9 Å². The van der Waals surface area contributed by atoms with Crippen molar-refractivity contribution in [3.05, 3.63) is 47.5 Å². The Labute approximate surface area is 390 Å². The minimum Gasteiger partial charge on any atom is -0.362 e. The first-order valence-electron chi connectivity index (χ1n) is 24.0. The molecule has 0 radical (unpaired) electrons. The number of aromatic nitrogens is 3. The topological polar surface area (TPSA) is 198 Å². The van der Waals surface area contributed by atoms with Gasteiger partial charge in [-0.05, 0) is 68.8 Å². The Morgan fingerprint density at radius 3 is 1.94 bits per heavy atom. The van der Waals surface area contributed by atoms with Crippen LogP contribution in [0.25, 0.3) is 0 Å². The highest BCUT2D eigenvalue weighted by Gasteiger charge is 2.40. The molecular formula is C48H77F2N9O7. The van der Waals surface area contributed by atoms with E-state index in [0.29, 0.717) is 38.4 Å². The van der Waals surface area contributed by atoms with Gasteiger partial charge in [0.15, 0.2) is 0 Å². The van der Waals surface area contributed by atoms with Crippen molar-refractivity contribution in [3.8, 4) is 0 Å². The molecule has 18 heteroatoms. The van der Waals surface area contributed by atoms with E-state index in [1.54, 1.807) is 0 Å². The Hall–Kier alpha value is -4.55. The van der Waals surface area contributed by atoms with Gasteiger partial charge in [-0.15, -0.1) is 10.2 Å². The Kier molecular flexibility index (Phi) is 21.9. The second-order valence-electron chi connectivity index (χ2n) is 19.2. The summed E-state index contributed by atoms with van der Waals surface area (Å²) in [5.41, 5.74) is 1.00. The summed E-state index contributed by atoms with van der Waals surface area (Å²) in [4.78, 5) is 64.4. The Morgan fingerprint density at radius 2 is 1.38 bits per heavy atom. The number of hydrogen-bond donors (Lipinski definition) is 5. The molecule has 1 saturated carbocycles. The summed E-state index contributed by atoms with van der Waals surface area (Å²) < 4.78 is 40.6. The Balaban J connectivity index is 1.23. The molecule has 5 N–H and O–H groups in total. The van der Waals surface area contributed by atoms with Crippen LogP contribution in [0.1, 0.15) is 135 Å². The van der Waals surface area contributed by atoms with E-state index in [9.17, 15) is 32.8 Å². The number of likely N-dealkylation sites (tertiary alicyclic amines) is 1. The molecule has 2 heterocycles. The van der Waals surface area contributed by atoms with Gasteiger partial charge in [0, 0.05) is 82.5 Å². The van der Waals surface area contributed by atoms with Crippen molar-refractivity contribution in [2.45, 2.75) is 142 Å². The van der Waals surface area contributed by atoms with E-state index >= 15 is 0 Å². The van der Waals surface area contributed by atoms with Crippen LogP contribution in [-0.4, -0.2) is 127 Å². The minimum atomic E-state index is -2.69. The number of amides is 5. The third kappa shape index (κ3) is 17.6. The fraction of sp³-hybridized carbons (Fsp3) is 0.729. The van der Waals surface area contributed by atoms with E-state index in [1.165, 1.54) is 7.05 Å². The first kappa shape index (κ1) is 54.1. The molecular weight excluding hydrogens is 853 g/mol. The third-order valence-corrected chi connectivity index (χ3v) is 12.8. The molecule has 5 amide bonds. The van der Waals surface area contributed by atoms with Gasteiger partial charge < -0.3 is 40.6 Å². The van der Waals surface area contributed by atoms with Crippen molar-refractivity contribution in [3.63, 3.8) is 0 Å². The zero-order chi connectivity index (χ0) is 48.4. The largest absolute Gasteiger partial charge is 0.362 e. The van der Waals surface area contributed by atoms with Gasteiger partial charge in [-0.25, -0.2) is 8.78 Å². The molecule has 16 nitrogen and oxygen atoms in total. The van der Waals surface area contributed by atoms with Crippen molar-refractivity contribution < 1.29 is 42.2 Å². The van der Waals surface area contributed by atoms with Gasteiger partial charge >= 0.3 is 0 Å². The Bertz CT molecular complexity index is 1840. The maximum absolute atomic E-state index is 13.9. The fourth-order valence-corrected chi connectivity index (χ4v) is 9.24. The van der Waals surface area contributed by atoms with Crippen molar-refractivity contribution >= 4 is 29.5 Å². The van der Waals surface area contributed by atoms with Crippen molar-refractivity contribution in [1.82, 2.24) is 46.2 Å². The van der Waals surface area contributed by atoms with Crippen LogP contribution in [0.5, 0.6) is 0 Å². The molecule has 1 aliphatic carbocycles. The van der Waals surface area contributed by atoms with Crippen molar-refractivity contribution in [1.29, 1.82) is 0 Å². The number of carbonyl (C=O) groups is 5. The molecule has 2 aromatic rings. The number of hydrogen-bond acceptors (Lipinski definition) is 10. The van der Waals surface area contributed by atoms with Gasteiger partial charge in [0.2, 0.25) is 35.5 Å². The molecule has 370 valence electrons. The predicted molar refractivity (Wildman–Crippen MR) is 247 cm³/mol. The number of rotatable bonds is 26. The molecule has 2 aliphatic rings. The molecule has 2 fully saturated rings. The smallest absolute Gasteiger partial charge is 0.248 e. The number of likely N-dealkylation sites (N-methyl/N-ethyl adjacent to an activating group) is 1. The number of carbonyl (C=O) groups excluding carboxylic acids is 5. The fourth-order valence-electron chi connectivity index (χ4n) is 9.24. The molecule has 4 rings (SSSR count). The second-order valence-corrected chi connectivity index (χ2v) is 19.2. The van der Waals surface area contributed by atoms with E-state index in [-0.39, 0.29) is 124 Å². The quantitative estimate of drug-likeness (QED) is 0.0870. The maximum atomic E-state index is 13.9. The SMILES string of the molecule is CNC(=O)COCC(=O)NCC(C)CC(C)CNC(=O)COCC(=O)NCCc1nnc(C(C)C)n1C1CC(C)N(CC[C@H](NC(=O)C2CCC(F)(F)CC2)c2ccccc2)C(C(C)C)C1. The zero-order valence-electron chi connectivity index (χ0n) is 40.5. The molecule has 66 heavy (non-hydrogen) atoms. The number of benzene rings is 1. The number of alkyl halides is 2. The van der Waals surface area contributed by atoms with Gasteiger partial charge in [-0.2, -0.15) is 0 Å². The zero-order valence-corrected chi connectivity index (χ0v) is 40.5. The number of halogens is 2. The standard InChI is InChI=1S/C48H77F2N9O7/c1-31(2)40-24-38(23-35(7)58(40)21-17-39(36-12-10-9-11-13-36)55-47(64)37-14-18-48(49,50)19-15-37)59-41(56-57-46(59)32(3)4)16-20-52-43(61)28-66-30-45(63)54-26-34(6)22-33(5)25-53-44(62)29-65-27-42(60)51-8/h9-13,31-35,37-40H,14-30H2,1-8H3,(H,51,60)(H,52,61)(H,53,62)(H,54,63)(H,55,64)/t33?,34?,35?,38?,39-,40?/m0/s1. The summed E-state index contributed by atoms with van der Waals surface area (Å²) in [5, 5.41) is 23.4. The lowest BCUT2D eigenvalue weighted by atomic mass is 9.84. The number of ether oxygens (including phenoxy) is 2. The van der Waals surface area contributed by atoms with Crippen LogP contribution >= 0.6 is 0 Å². The van der Waals surface area contributed by atoms with E-state index < -0.39 is 11.8 Å². The van der Waals surface area contributed by atoms with Crippen LogP contribution < -0.4 is 26.6 Å². The van der Waals surface area contributed by atoms with Crippen LogP contribution in [0.15, 0.2) is 30.3 Å². The number of nitrogens with zero attached hydrogens (tertiary/aromatic N) is 4. The Morgan fingerprint density at radius 1 is 0.803 bits per heavy atom. The molecule has 0 spiro atoms. The second kappa shape index (κ2) is 26.7. The highest BCUT2D eigenvalue weighted by Crippen LogP contribution is 2.39. The highest BCUT2D eigenvalue weighted by molar-refractivity contribution is 5.80. The van der Waals surface area contributed by atoms with E-state index in [2.05, 4.69) is 80.9 Å². The highest BCUT2D eigenvalue weighted by atomic mass is 19.3. The van der Waals surface area contributed by atoms with Crippen LogP contribution in [0.2, 0.25) is 0 Å². The van der Waals surface area contributed by atoms with Gasteiger partial charge in [0.1, 0.15) is 38.1 Å². The van der Waals surface area contributed by atoms with E-state index in [0.717, 1.165) is 43.0 Å². The number of nitrogens with one attached hydrogen (secondary N) is 5. The minimum absolute atomic E-state index is 0.129. The molecule has 1 aromatic carbocycles. The molecule has 1 aliphatic heterocycles. The predicted octanol–water partition coefficient (Wildman–Crippen LogP) is 4.86. The van der Waals surface area contributed by atoms with Crippen LogP contribution in [0.4, 0.5) is 8.78 Å². The lowest BCUT2D eigenvalue weighted by Crippen LogP contribution is -2.52. The average Bonchev–Trinajstić information content (AvgIpc) is 3.71. The lowest BCUT2D eigenvalue weighted by Gasteiger charge is -2.47. The summed E-state index contributed by atoms with van der Waals surface area (Å²) in [7, 11) is 1.49. The molecule has 6 atom stereocenters. The van der Waals surface area contributed by atoms with Crippen LogP contribution in [0, 0.1) is 23.7 Å². The maximum Gasteiger partial charge on any atom is 0.248 e. The monoisotopic (exact) mass is 930 g/mol. The van der Waals surface area contributed by atoms with E-state index in [1.807, 2.05) is 44.2 Å². The summed E-state index contributed by atoms with van der Waals surface area (Å²) in [5.74, 6) is -2.06. The van der Waals surface area contributed by atoms with Crippen molar-refractivity contribution in [2.24, 2.45) is 23.7 Å². The summed E-state index contributed by atoms with van der Waals surface area (Å²) in [6.07, 6.45) is 3.54. The lowest BCUT2D eigenvalue weighted by molar-refractivity contribution is -0.132. The van der Waals surface area contributed by atoms with Gasteiger partial charge in [-0.3, -0.25) is 28.9 Å². The first-order chi connectivity index (χ1) is 31.4. The van der Waals surface area contributed by atoms with Crippen molar-refractivity contribution in [2.75, 3.05) is 59.7 Å². The molecule has 1 aromatic heterocycles. The van der Waals surface area contributed by atoms with Crippen LogP contribution in [0.3, 0.4) is 0 Å². The average molecular weight is 930 g/mol. The number of piperidine rings is 1. The molecule has 5 unspecified atom stereocenters. The van der Waals surface area contributed by atoms with Crippen LogP contribution in [-0.2, 0) is 39.9 Å². The summed E-state index contributed by atoms with van der Waals surface area (Å²) in [6.45, 7) is 16.0. The van der Waals surface area contributed by atoms with Gasteiger partial charge in [0.25, 0.3) is 0 Å². The summed E-state index contributed by atoms with van der Waals surface area (Å²) >= 11 is 0. The normalized spacial score (nSPS) is 20.3. The molecule has 0 bridgehead atoms.